The third kappa shape index (κ3) is 1.83. The molecule has 72 valence electrons. The van der Waals surface area contributed by atoms with E-state index in [1.54, 1.807) is 6.07 Å². The predicted octanol–water partition coefficient (Wildman–Crippen LogP) is 2.24. The third-order valence-corrected chi connectivity index (χ3v) is 2.21. The molecule has 14 heavy (non-hydrogen) atoms. The molecular weight excluding hydrogens is 252 g/mol. The van der Waals surface area contributed by atoms with Crippen molar-refractivity contribution in [2.45, 2.75) is 0 Å². The van der Waals surface area contributed by atoms with Crippen molar-refractivity contribution in [2.75, 3.05) is 7.11 Å². The summed E-state index contributed by atoms with van der Waals surface area (Å²) in [5.41, 5.74) is -0.269. The number of nitro benzene ring substituents is 1. The second kappa shape index (κ2) is 4.07. The summed E-state index contributed by atoms with van der Waals surface area (Å²) in [6.07, 6.45) is 0. The number of benzene rings is 1. The van der Waals surface area contributed by atoms with Gasteiger partial charge in [-0.15, -0.1) is 0 Å². The predicted molar refractivity (Wildman–Crippen MR) is 52.1 cm³/mol. The average molecular weight is 257 g/mol. The number of hydrogen-bond acceptors (Lipinski definition) is 4. The molecule has 6 heteroatoms. The highest BCUT2D eigenvalue weighted by atomic mass is 79.9. The molecule has 0 saturated heterocycles. The van der Waals surface area contributed by atoms with Crippen LogP contribution in [0.25, 0.3) is 0 Å². The molecule has 0 atom stereocenters. The minimum absolute atomic E-state index is 0.00389. The zero-order valence-corrected chi connectivity index (χ0v) is 8.74. The Morgan fingerprint density at radius 3 is 2.71 bits per heavy atom. The fourth-order valence-electron chi connectivity index (χ4n) is 0.941. The van der Waals surface area contributed by atoms with E-state index in [0.717, 1.165) is 0 Å². The molecule has 1 aromatic rings. The Balaban J connectivity index is 3.45. The van der Waals surface area contributed by atoms with Crippen LogP contribution in [0.1, 0.15) is 5.56 Å². The number of nitrogens with zero attached hydrogens (tertiary/aromatic N) is 2. The maximum absolute atomic E-state index is 10.6. The van der Waals surface area contributed by atoms with E-state index in [4.69, 9.17) is 10.00 Å². The van der Waals surface area contributed by atoms with Gasteiger partial charge < -0.3 is 4.74 Å². The Hall–Kier alpha value is -1.61. The number of halogens is 1. The van der Waals surface area contributed by atoms with E-state index in [1.807, 2.05) is 0 Å². The second-order valence-electron chi connectivity index (χ2n) is 2.37. The van der Waals surface area contributed by atoms with Gasteiger partial charge in [0.2, 0.25) is 0 Å². The number of rotatable bonds is 2. The zero-order chi connectivity index (χ0) is 10.7. The third-order valence-electron chi connectivity index (χ3n) is 1.59. The molecule has 0 aliphatic carbocycles. The van der Waals surface area contributed by atoms with E-state index in [-0.39, 0.29) is 11.3 Å². The number of methoxy groups -OCH3 is 1. The number of nitro groups is 1. The minimum atomic E-state index is -0.619. The van der Waals surface area contributed by atoms with Gasteiger partial charge in [0.1, 0.15) is 17.4 Å². The lowest BCUT2D eigenvalue weighted by atomic mass is 10.2. The van der Waals surface area contributed by atoms with Crippen LogP contribution in [0.3, 0.4) is 0 Å². The van der Waals surface area contributed by atoms with Gasteiger partial charge in [-0.3, -0.25) is 10.1 Å². The van der Waals surface area contributed by atoms with Crippen molar-refractivity contribution < 1.29 is 9.66 Å². The van der Waals surface area contributed by atoms with Gasteiger partial charge in [0.05, 0.1) is 18.1 Å². The minimum Gasteiger partial charge on any atom is -0.496 e. The van der Waals surface area contributed by atoms with Gasteiger partial charge in [-0.05, 0) is 22.0 Å². The topological polar surface area (TPSA) is 76.2 Å². The molecule has 0 spiro atoms. The van der Waals surface area contributed by atoms with Gasteiger partial charge in [-0.2, -0.15) is 5.26 Å². The Bertz CT molecular complexity index is 425. The Morgan fingerprint density at radius 1 is 1.64 bits per heavy atom. The molecule has 0 unspecified atom stereocenters. The van der Waals surface area contributed by atoms with Crippen molar-refractivity contribution in [3.63, 3.8) is 0 Å². The molecule has 0 heterocycles. The average Bonchev–Trinajstić information content (AvgIpc) is 2.16. The van der Waals surface area contributed by atoms with Crippen molar-refractivity contribution in [3.05, 3.63) is 32.3 Å². The number of ether oxygens (including phenoxy) is 1. The summed E-state index contributed by atoms with van der Waals surface area (Å²) >= 11 is 3.06. The van der Waals surface area contributed by atoms with Crippen molar-refractivity contribution in [1.82, 2.24) is 0 Å². The molecule has 0 fully saturated rings. The summed E-state index contributed by atoms with van der Waals surface area (Å²) in [5.74, 6) is 0.336. The van der Waals surface area contributed by atoms with Gasteiger partial charge in [-0.1, -0.05) is 0 Å². The highest BCUT2D eigenvalue weighted by molar-refractivity contribution is 9.10. The summed E-state index contributed by atoms with van der Waals surface area (Å²) in [6, 6.07) is 4.47. The molecule has 0 bridgehead atoms. The van der Waals surface area contributed by atoms with Crippen LogP contribution in [-0.2, 0) is 0 Å². The maximum atomic E-state index is 10.6. The molecule has 0 saturated carbocycles. The summed E-state index contributed by atoms with van der Waals surface area (Å²) in [5, 5.41) is 19.3. The highest BCUT2D eigenvalue weighted by Crippen LogP contribution is 2.31. The van der Waals surface area contributed by atoms with Gasteiger partial charge in [0.15, 0.2) is 0 Å². The number of hydrogen-bond donors (Lipinski definition) is 0. The summed E-state index contributed by atoms with van der Waals surface area (Å²) in [6.45, 7) is 0. The van der Waals surface area contributed by atoms with Crippen LogP contribution in [0.4, 0.5) is 5.69 Å². The highest BCUT2D eigenvalue weighted by Gasteiger charge is 2.18. The second-order valence-corrected chi connectivity index (χ2v) is 3.23. The first kappa shape index (κ1) is 10.5. The van der Waals surface area contributed by atoms with E-state index in [1.165, 1.54) is 19.2 Å². The van der Waals surface area contributed by atoms with E-state index in [2.05, 4.69) is 15.9 Å². The van der Waals surface area contributed by atoms with Crippen LogP contribution in [0.15, 0.2) is 16.6 Å². The van der Waals surface area contributed by atoms with E-state index in [0.29, 0.717) is 10.2 Å². The van der Waals surface area contributed by atoms with E-state index in [9.17, 15) is 10.1 Å². The summed E-state index contributed by atoms with van der Waals surface area (Å²) in [7, 11) is 1.40. The largest absolute Gasteiger partial charge is 0.496 e. The standard InChI is InChI=1S/C8H5BrN2O3/c1-14-5-2-7(9)6(4-10)8(3-5)11(12)13/h2-3H,1H3. The van der Waals surface area contributed by atoms with Gasteiger partial charge in [-0.25, -0.2) is 0 Å². The molecule has 0 amide bonds. The SMILES string of the molecule is COc1cc(Br)c(C#N)c([N+](=O)[O-])c1. The Kier molecular flexibility index (Phi) is 3.04. The molecule has 1 aromatic carbocycles. The van der Waals surface area contributed by atoms with Crippen molar-refractivity contribution >= 4 is 21.6 Å². The normalized spacial score (nSPS) is 9.21. The van der Waals surface area contributed by atoms with Crippen molar-refractivity contribution in [1.29, 1.82) is 5.26 Å². The molecular formula is C8H5BrN2O3. The lowest BCUT2D eigenvalue weighted by Crippen LogP contribution is -1.94. The molecule has 0 N–H and O–H groups in total. The zero-order valence-electron chi connectivity index (χ0n) is 7.15. The first-order chi connectivity index (χ1) is 6.60. The van der Waals surface area contributed by atoms with Crippen LogP contribution >= 0.6 is 15.9 Å². The number of nitriles is 1. The van der Waals surface area contributed by atoms with Gasteiger partial charge >= 0.3 is 0 Å². The molecule has 5 nitrogen and oxygen atoms in total. The maximum Gasteiger partial charge on any atom is 0.291 e. The summed E-state index contributed by atoms with van der Waals surface area (Å²) in [4.78, 5) is 9.96. The molecule has 0 aliphatic rings. The first-order valence-corrected chi connectivity index (χ1v) is 4.31. The lowest BCUT2D eigenvalue weighted by Gasteiger charge is -2.02. The quantitative estimate of drug-likeness (QED) is 0.601. The van der Waals surface area contributed by atoms with E-state index >= 15 is 0 Å². The molecule has 0 aromatic heterocycles. The lowest BCUT2D eigenvalue weighted by molar-refractivity contribution is -0.385. The van der Waals surface area contributed by atoms with Crippen molar-refractivity contribution in [2.24, 2.45) is 0 Å². The molecule has 1 rings (SSSR count). The molecule has 0 aliphatic heterocycles. The van der Waals surface area contributed by atoms with Crippen LogP contribution in [0.2, 0.25) is 0 Å². The monoisotopic (exact) mass is 256 g/mol. The van der Waals surface area contributed by atoms with Gasteiger partial charge in [0.25, 0.3) is 5.69 Å². The van der Waals surface area contributed by atoms with Gasteiger partial charge in [0, 0.05) is 4.47 Å². The van der Waals surface area contributed by atoms with Crippen LogP contribution in [-0.4, -0.2) is 12.0 Å². The van der Waals surface area contributed by atoms with Crippen LogP contribution in [0, 0.1) is 21.4 Å². The van der Waals surface area contributed by atoms with Crippen LogP contribution < -0.4 is 4.74 Å². The fourth-order valence-corrected chi connectivity index (χ4v) is 1.46. The Labute approximate surface area is 88.2 Å². The van der Waals surface area contributed by atoms with E-state index < -0.39 is 4.92 Å². The Morgan fingerprint density at radius 2 is 2.29 bits per heavy atom. The van der Waals surface area contributed by atoms with Crippen molar-refractivity contribution in [3.8, 4) is 11.8 Å². The van der Waals surface area contributed by atoms with Crippen LogP contribution in [0.5, 0.6) is 5.75 Å². The fraction of sp³-hybridized carbons (Fsp3) is 0.125. The smallest absolute Gasteiger partial charge is 0.291 e. The first-order valence-electron chi connectivity index (χ1n) is 3.52. The molecule has 0 radical (unpaired) electrons. The summed E-state index contributed by atoms with van der Waals surface area (Å²) < 4.78 is 5.19.